The summed E-state index contributed by atoms with van der Waals surface area (Å²) in [6.07, 6.45) is -0.119. The minimum atomic E-state index is -1.36. The van der Waals surface area contributed by atoms with Crippen molar-refractivity contribution in [2.45, 2.75) is 18.9 Å². The molecule has 0 aliphatic carbocycles. The van der Waals surface area contributed by atoms with E-state index in [0.29, 0.717) is 17.8 Å². The van der Waals surface area contributed by atoms with Gasteiger partial charge in [0.2, 0.25) is 12.4 Å². The number of nitrogens with zero attached hydrogens (tertiary/aromatic N) is 3. The van der Waals surface area contributed by atoms with Gasteiger partial charge in [-0.05, 0) is 30.7 Å². The smallest absolute Gasteiger partial charge is 1.00 e. The summed E-state index contributed by atoms with van der Waals surface area (Å²) in [6, 6.07) is 4.39. The van der Waals surface area contributed by atoms with Crippen LogP contribution >= 0.6 is 0 Å². The number of H-pyrrole nitrogens is 1. The fourth-order valence-corrected chi connectivity index (χ4v) is 3.14. The Bertz CT molecular complexity index is 1220. The van der Waals surface area contributed by atoms with Crippen LogP contribution in [0, 0.1) is 0 Å². The molecule has 0 bridgehead atoms. The molecule has 1 aliphatic heterocycles. The van der Waals surface area contributed by atoms with Gasteiger partial charge in [0, 0.05) is 17.7 Å². The number of carbonyl (C=O) groups excluding carboxylic acids is 2. The fourth-order valence-electron chi connectivity index (χ4n) is 3.14. The fraction of sp³-hybridized carbons (Fsp3) is 0.250. The van der Waals surface area contributed by atoms with E-state index >= 15 is 0 Å². The van der Waals surface area contributed by atoms with Gasteiger partial charge < -0.3 is 34.3 Å². The van der Waals surface area contributed by atoms with Gasteiger partial charge >= 0.3 is 49.7 Å². The number of carbonyl (C=O) groups is 4. The molecule has 2 aromatic rings. The van der Waals surface area contributed by atoms with E-state index in [4.69, 9.17) is 10.8 Å². The molecular formula is C20H23CaN7O7. The van der Waals surface area contributed by atoms with Gasteiger partial charge in [0.1, 0.15) is 6.04 Å². The van der Waals surface area contributed by atoms with Crippen molar-refractivity contribution < 1.29 is 32.2 Å². The van der Waals surface area contributed by atoms with Crippen molar-refractivity contribution in [3.63, 3.8) is 0 Å². The largest absolute Gasteiger partial charge is 2.00 e. The molecule has 0 fully saturated rings. The number of aromatic amines is 1. The Balaban J connectivity index is 0.00000432. The summed E-state index contributed by atoms with van der Waals surface area (Å²) in [6.45, 7) is 0.266. The molecule has 0 saturated heterocycles. The zero-order valence-corrected chi connectivity index (χ0v) is 20.6. The van der Waals surface area contributed by atoms with Crippen molar-refractivity contribution in [3.8, 4) is 0 Å². The average Bonchev–Trinajstić information content (AvgIpc) is 2.80. The molecule has 1 aromatic carbocycles. The zero-order chi connectivity index (χ0) is 24.8. The number of hydrogen-bond acceptors (Lipinski definition) is 9. The summed E-state index contributed by atoms with van der Waals surface area (Å²) >= 11 is 0. The molecule has 14 nitrogen and oxygen atoms in total. The first kappa shape index (κ1) is 27.8. The number of aromatic nitrogens is 2. The van der Waals surface area contributed by atoms with Crippen molar-refractivity contribution in [1.29, 1.82) is 0 Å². The molecule has 2 heterocycles. The van der Waals surface area contributed by atoms with Crippen LogP contribution in [-0.4, -0.2) is 107 Å². The molecule has 1 atom stereocenters. The third kappa shape index (κ3) is 7.24. The maximum absolute atomic E-state index is 12.4. The van der Waals surface area contributed by atoms with Crippen molar-refractivity contribution in [2.75, 3.05) is 29.0 Å². The van der Waals surface area contributed by atoms with Gasteiger partial charge in [0.25, 0.3) is 11.5 Å². The number of carboxylic acid groups (broad SMARTS) is 2. The minimum Gasteiger partial charge on any atom is -1.00 e. The van der Waals surface area contributed by atoms with Crippen molar-refractivity contribution in [3.05, 3.63) is 40.2 Å². The third-order valence-electron chi connectivity index (χ3n) is 4.83. The number of aliphatic imine (C=N–C) groups is 1. The number of carboxylic acids is 2. The minimum absolute atomic E-state index is 0. The molecule has 0 radical (unpaired) electrons. The number of rotatable bonds is 10. The Labute approximate surface area is 230 Å². The van der Waals surface area contributed by atoms with Gasteiger partial charge in [-0.1, -0.05) is 0 Å². The third-order valence-corrected chi connectivity index (χ3v) is 4.83. The van der Waals surface area contributed by atoms with Gasteiger partial charge in [-0.25, -0.2) is 9.79 Å². The van der Waals surface area contributed by atoms with E-state index in [9.17, 15) is 29.1 Å². The van der Waals surface area contributed by atoms with E-state index in [1.807, 2.05) is 0 Å². The van der Waals surface area contributed by atoms with E-state index in [2.05, 4.69) is 25.6 Å². The van der Waals surface area contributed by atoms with Crippen molar-refractivity contribution in [2.24, 2.45) is 4.99 Å². The monoisotopic (exact) mass is 513 g/mol. The molecule has 3 rings (SSSR count). The number of nitrogen functional groups attached to an aromatic ring is 1. The summed E-state index contributed by atoms with van der Waals surface area (Å²) in [7, 11) is 0. The first-order valence-corrected chi connectivity index (χ1v) is 9.95. The van der Waals surface area contributed by atoms with Crippen molar-refractivity contribution >= 4 is 90.8 Å². The van der Waals surface area contributed by atoms with E-state index in [-0.39, 0.29) is 83.1 Å². The Morgan fingerprint density at radius 2 is 1.94 bits per heavy atom. The van der Waals surface area contributed by atoms with E-state index in [1.54, 1.807) is 0 Å². The molecular weight excluding hydrogens is 490 g/mol. The number of aliphatic carboxylic acids is 2. The van der Waals surface area contributed by atoms with Crippen LogP contribution in [0.5, 0.6) is 0 Å². The molecule has 15 heteroatoms. The number of nitrogens with two attached hydrogens (primary N) is 1. The van der Waals surface area contributed by atoms with Gasteiger partial charge in [0.05, 0.1) is 18.8 Å². The SMILES string of the molecule is Nc1nc2c(c(=O)[nH]1)N=C(CN(C=O)c1ccc(C(=O)NC(CCC(=O)O)C(=O)O)cc1)CN2.[Ca+2].[H-].[H-]. The van der Waals surface area contributed by atoms with Crippen LogP contribution in [0.1, 0.15) is 26.1 Å². The maximum atomic E-state index is 12.4. The number of fused-ring (bicyclic) bond motifs is 1. The van der Waals surface area contributed by atoms with Crippen LogP contribution in [0.3, 0.4) is 0 Å². The Kier molecular flexibility index (Phi) is 9.74. The second-order valence-corrected chi connectivity index (χ2v) is 7.26. The van der Waals surface area contributed by atoms with E-state index < -0.39 is 35.9 Å². The van der Waals surface area contributed by atoms with Gasteiger partial charge in [-0.2, -0.15) is 4.98 Å². The van der Waals surface area contributed by atoms with Crippen molar-refractivity contribution in [1.82, 2.24) is 15.3 Å². The maximum Gasteiger partial charge on any atom is 2.00 e. The molecule has 1 unspecified atom stereocenters. The number of hydrogen-bond donors (Lipinski definition) is 6. The predicted molar refractivity (Wildman–Crippen MR) is 128 cm³/mol. The molecule has 7 N–H and O–H groups in total. The van der Waals surface area contributed by atoms with Gasteiger partial charge in [-0.15, -0.1) is 0 Å². The van der Waals surface area contributed by atoms with E-state index in [0.717, 1.165) is 0 Å². The molecule has 35 heavy (non-hydrogen) atoms. The quantitative estimate of drug-likeness (QED) is 0.175. The van der Waals surface area contributed by atoms with Gasteiger partial charge in [0.15, 0.2) is 11.5 Å². The zero-order valence-electron chi connectivity index (χ0n) is 20.4. The normalized spacial score (nSPS) is 12.6. The van der Waals surface area contributed by atoms with Crippen LogP contribution < -0.4 is 26.8 Å². The Hall–Kier alpha value is -3.49. The summed E-state index contributed by atoms with van der Waals surface area (Å²) < 4.78 is 0. The molecule has 1 aliphatic rings. The van der Waals surface area contributed by atoms with Crippen LogP contribution in [0.25, 0.3) is 0 Å². The van der Waals surface area contributed by atoms with E-state index in [1.165, 1.54) is 29.2 Å². The standard InChI is InChI=1S/C20H21N7O7.Ca.2H/c21-20-25-16-15(18(32)26-20)23-11(7-22-16)8-27(9-28)12-3-1-10(2-4-12)17(31)24-13(19(33)34)5-6-14(29)30;;;/h1-4,9,13H,5-8H2,(H,24,31)(H,29,30)(H,33,34)(H4,21,22,25,26,32);;;/q;+2;2*-1. The Morgan fingerprint density at radius 1 is 1.26 bits per heavy atom. The molecule has 1 aromatic heterocycles. The molecule has 0 saturated carbocycles. The second-order valence-electron chi connectivity index (χ2n) is 7.26. The number of anilines is 3. The van der Waals surface area contributed by atoms with Crippen LogP contribution in [0.15, 0.2) is 34.1 Å². The van der Waals surface area contributed by atoms with Gasteiger partial charge in [-0.3, -0.25) is 24.2 Å². The number of benzene rings is 1. The first-order chi connectivity index (χ1) is 16.2. The summed E-state index contributed by atoms with van der Waals surface area (Å²) in [5.41, 5.74) is 6.04. The number of amides is 2. The molecule has 2 amide bonds. The number of nitrogens with one attached hydrogen (secondary N) is 3. The van der Waals surface area contributed by atoms with Crippen LogP contribution in [0.2, 0.25) is 0 Å². The summed E-state index contributed by atoms with van der Waals surface area (Å²) in [5, 5.41) is 23.1. The predicted octanol–water partition coefficient (Wildman–Crippen LogP) is -0.595. The second kappa shape index (κ2) is 12.3. The molecule has 0 spiro atoms. The average molecular weight is 514 g/mol. The van der Waals surface area contributed by atoms with Crippen LogP contribution in [-0.2, 0) is 14.4 Å². The van der Waals surface area contributed by atoms with Crippen LogP contribution in [0.4, 0.5) is 23.1 Å². The Morgan fingerprint density at radius 3 is 2.54 bits per heavy atom. The first-order valence-electron chi connectivity index (χ1n) is 9.95. The molecule has 182 valence electrons. The topological polar surface area (TPSA) is 220 Å². The summed E-state index contributed by atoms with van der Waals surface area (Å²) in [5.74, 6) is -3.04. The summed E-state index contributed by atoms with van der Waals surface area (Å²) in [4.78, 5) is 69.9.